The molecule has 4 nitrogen and oxygen atoms in total. The second-order valence-corrected chi connectivity index (χ2v) is 6.74. The van der Waals surface area contributed by atoms with Crippen LogP contribution in [-0.2, 0) is 4.79 Å². The number of nitrogens with one attached hydrogen (secondary N) is 2. The zero-order valence-corrected chi connectivity index (χ0v) is 13.9. The van der Waals surface area contributed by atoms with Gasteiger partial charge in [0.1, 0.15) is 6.04 Å². The summed E-state index contributed by atoms with van der Waals surface area (Å²) in [5, 5.41) is 6.54. The lowest BCUT2D eigenvalue weighted by molar-refractivity contribution is -0.136. The van der Waals surface area contributed by atoms with E-state index in [1.165, 1.54) is 0 Å². The Kier molecular flexibility index (Phi) is 5.90. The molecule has 1 rings (SSSR count). The molecule has 0 radical (unpaired) electrons. The highest BCUT2D eigenvalue weighted by Crippen LogP contribution is 2.25. The van der Waals surface area contributed by atoms with Gasteiger partial charge in [-0.1, -0.05) is 27.7 Å². The largest absolute Gasteiger partial charge is 0.375 e. The average Bonchev–Trinajstić information content (AvgIpc) is 2.78. The van der Waals surface area contributed by atoms with Crippen LogP contribution in [0.5, 0.6) is 0 Å². The summed E-state index contributed by atoms with van der Waals surface area (Å²) in [6, 6.07) is 0.163. The lowest BCUT2D eigenvalue weighted by Crippen LogP contribution is -2.54. The summed E-state index contributed by atoms with van der Waals surface area (Å²) in [6.45, 7) is 11.5. The highest BCUT2D eigenvalue weighted by molar-refractivity contribution is 5.83. The minimum Gasteiger partial charge on any atom is -0.375 e. The van der Waals surface area contributed by atoms with Crippen molar-refractivity contribution in [3.05, 3.63) is 11.9 Å². The Morgan fingerprint density at radius 2 is 2.10 bits per heavy atom. The SMILES string of the molecule is CC/C=C(/NC)NC(C(=O)N1CCCC1C)C(C)(C)C. The zero-order chi connectivity index (χ0) is 15.3. The van der Waals surface area contributed by atoms with E-state index in [4.69, 9.17) is 0 Å². The highest BCUT2D eigenvalue weighted by Gasteiger charge is 2.37. The molecular formula is C16H31N3O. The number of rotatable bonds is 5. The number of nitrogens with zero attached hydrogens (tertiary/aromatic N) is 1. The van der Waals surface area contributed by atoms with Crippen LogP contribution in [0, 0.1) is 5.41 Å². The Morgan fingerprint density at radius 3 is 2.50 bits per heavy atom. The van der Waals surface area contributed by atoms with Gasteiger partial charge in [0, 0.05) is 19.6 Å². The number of amides is 1. The Labute approximate surface area is 124 Å². The van der Waals surface area contributed by atoms with E-state index in [0.717, 1.165) is 31.6 Å². The molecule has 0 bridgehead atoms. The first-order valence-corrected chi connectivity index (χ1v) is 7.76. The molecule has 1 aliphatic rings. The lowest BCUT2D eigenvalue weighted by atomic mass is 9.85. The molecule has 1 fully saturated rings. The summed E-state index contributed by atoms with van der Waals surface area (Å²) in [5.41, 5.74) is -0.122. The minimum atomic E-state index is -0.201. The molecule has 2 unspecified atom stereocenters. The van der Waals surface area contributed by atoms with Crippen molar-refractivity contribution < 1.29 is 4.79 Å². The smallest absolute Gasteiger partial charge is 0.245 e. The lowest BCUT2D eigenvalue weighted by Gasteiger charge is -2.36. The molecule has 1 amide bonds. The molecular weight excluding hydrogens is 250 g/mol. The Morgan fingerprint density at radius 1 is 1.45 bits per heavy atom. The van der Waals surface area contributed by atoms with Gasteiger partial charge in [0.05, 0.1) is 5.82 Å². The van der Waals surface area contributed by atoms with Crippen LogP contribution in [0.1, 0.15) is 53.9 Å². The molecule has 0 aromatic rings. The fourth-order valence-electron chi connectivity index (χ4n) is 2.67. The second-order valence-electron chi connectivity index (χ2n) is 6.74. The quantitative estimate of drug-likeness (QED) is 0.813. The molecule has 0 saturated carbocycles. The van der Waals surface area contributed by atoms with Gasteiger partial charge in [-0.05, 0) is 37.7 Å². The maximum absolute atomic E-state index is 12.9. The van der Waals surface area contributed by atoms with Gasteiger partial charge in [-0.2, -0.15) is 0 Å². The highest BCUT2D eigenvalue weighted by atomic mass is 16.2. The Bertz CT molecular complexity index is 357. The number of hydrogen-bond donors (Lipinski definition) is 2. The predicted octanol–water partition coefficient (Wildman–Crippen LogP) is 2.47. The van der Waals surface area contributed by atoms with E-state index >= 15 is 0 Å². The van der Waals surface area contributed by atoms with E-state index in [1.807, 2.05) is 11.9 Å². The molecule has 2 atom stereocenters. The molecule has 1 aliphatic heterocycles. The average molecular weight is 281 g/mol. The van der Waals surface area contributed by atoms with Crippen molar-refractivity contribution in [2.45, 2.75) is 66.0 Å². The maximum atomic E-state index is 12.9. The molecule has 116 valence electrons. The predicted molar refractivity (Wildman–Crippen MR) is 84.2 cm³/mol. The van der Waals surface area contributed by atoms with E-state index in [-0.39, 0.29) is 17.4 Å². The third kappa shape index (κ3) is 4.15. The molecule has 0 spiro atoms. The van der Waals surface area contributed by atoms with Crippen molar-refractivity contribution in [2.75, 3.05) is 13.6 Å². The van der Waals surface area contributed by atoms with E-state index in [1.54, 1.807) is 0 Å². The first-order valence-electron chi connectivity index (χ1n) is 7.76. The number of likely N-dealkylation sites (tertiary alicyclic amines) is 1. The summed E-state index contributed by atoms with van der Waals surface area (Å²) < 4.78 is 0. The number of carbonyl (C=O) groups is 1. The normalized spacial score (nSPS) is 21.8. The topological polar surface area (TPSA) is 44.4 Å². The van der Waals surface area contributed by atoms with Crippen LogP contribution in [0.25, 0.3) is 0 Å². The van der Waals surface area contributed by atoms with Crippen LogP contribution in [-0.4, -0.2) is 36.5 Å². The van der Waals surface area contributed by atoms with E-state index in [2.05, 4.69) is 51.3 Å². The van der Waals surface area contributed by atoms with Crippen molar-refractivity contribution in [1.29, 1.82) is 0 Å². The number of carbonyl (C=O) groups excluding carboxylic acids is 1. The van der Waals surface area contributed by atoms with Gasteiger partial charge in [0.15, 0.2) is 0 Å². The number of hydrogen-bond acceptors (Lipinski definition) is 3. The minimum absolute atomic E-state index is 0.122. The summed E-state index contributed by atoms with van der Waals surface area (Å²) in [7, 11) is 1.89. The first-order chi connectivity index (χ1) is 9.31. The fraction of sp³-hybridized carbons (Fsp3) is 0.812. The first kappa shape index (κ1) is 16.9. The molecule has 4 heteroatoms. The second kappa shape index (κ2) is 7.00. The van der Waals surface area contributed by atoms with Crippen molar-refractivity contribution in [2.24, 2.45) is 5.41 Å². The maximum Gasteiger partial charge on any atom is 0.245 e. The zero-order valence-electron chi connectivity index (χ0n) is 13.9. The van der Waals surface area contributed by atoms with E-state index in [0.29, 0.717) is 6.04 Å². The number of allylic oxidation sites excluding steroid dienone is 1. The van der Waals surface area contributed by atoms with Gasteiger partial charge in [-0.25, -0.2) is 0 Å². The van der Waals surface area contributed by atoms with Crippen molar-refractivity contribution in [1.82, 2.24) is 15.5 Å². The van der Waals surface area contributed by atoms with Gasteiger partial charge in [-0.3, -0.25) is 4.79 Å². The summed E-state index contributed by atoms with van der Waals surface area (Å²) in [4.78, 5) is 14.9. The van der Waals surface area contributed by atoms with Crippen LogP contribution >= 0.6 is 0 Å². The molecule has 0 aliphatic carbocycles. The van der Waals surface area contributed by atoms with Crippen LogP contribution in [0.15, 0.2) is 11.9 Å². The van der Waals surface area contributed by atoms with E-state index in [9.17, 15) is 4.79 Å². The molecule has 0 aromatic carbocycles. The van der Waals surface area contributed by atoms with Crippen LogP contribution in [0.4, 0.5) is 0 Å². The molecule has 1 saturated heterocycles. The van der Waals surface area contributed by atoms with Crippen LogP contribution < -0.4 is 10.6 Å². The molecule has 20 heavy (non-hydrogen) atoms. The van der Waals surface area contributed by atoms with E-state index < -0.39 is 0 Å². The summed E-state index contributed by atoms with van der Waals surface area (Å²) in [5.74, 6) is 1.16. The van der Waals surface area contributed by atoms with Gasteiger partial charge in [0.25, 0.3) is 0 Å². The summed E-state index contributed by atoms with van der Waals surface area (Å²) >= 11 is 0. The van der Waals surface area contributed by atoms with Gasteiger partial charge >= 0.3 is 0 Å². The fourth-order valence-corrected chi connectivity index (χ4v) is 2.67. The molecule has 1 heterocycles. The summed E-state index contributed by atoms with van der Waals surface area (Å²) in [6.07, 6.45) is 5.26. The third-order valence-corrected chi connectivity index (χ3v) is 3.93. The standard InChI is InChI=1S/C16H31N3O/c1-7-9-13(17-6)18-14(16(3,4)5)15(20)19-11-8-10-12(19)2/h9,12,14,17-18H,7-8,10-11H2,1-6H3/b13-9-. The van der Waals surface area contributed by atoms with Crippen molar-refractivity contribution in [3.8, 4) is 0 Å². The van der Waals surface area contributed by atoms with Crippen LogP contribution in [0.3, 0.4) is 0 Å². The van der Waals surface area contributed by atoms with Gasteiger partial charge in [0.2, 0.25) is 5.91 Å². The van der Waals surface area contributed by atoms with Gasteiger partial charge < -0.3 is 15.5 Å². The molecule has 2 N–H and O–H groups in total. The van der Waals surface area contributed by atoms with Gasteiger partial charge in [-0.15, -0.1) is 0 Å². The monoisotopic (exact) mass is 281 g/mol. The Hall–Kier alpha value is -1.19. The van der Waals surface area contributed by atoms with Crippen LogP contribution in [0.2, 0.25) is 0 Å². The van der Waals surface area contributed by atoms with Crippen molar-refractivity contribution in [3.63, 3.8) is 0 Å². The third-order valence-electron chi connectivity index (χ3n) is 3.93. The Balaban J connectivity index is 2.89. The van der Waals surface area contributed by atoms with Crippen molar-refractivity contribution >= 4 is 5.91 Å². The molecule has 0 aromatic heterocycles.